The molecule has 0 amide bonds. The van der Waals surface area contributed by atoms with Crippen LogP contribution in [0.1, 0.15) is 86.5 Å². The molecule has 0 saturated heterocycles. The molecular formula is C140H108N4. The lowest BCUT2D eigenvalue weighted by Crippen LogP contribution is -2.55. The van der Waals surface area contributed by atoms with E-state index in [0.717, 1.165) is 92.8 Å². The number of fused-ring (bicyclic) bond motifs is 12. The fourth-order valence-electron chi connectivity index (χ4n) is 29.6. The summed E-state index contributed by atoms with van der Waals surface area (Å²) in [5, 5.41) is 4.93. The van der Waals surface area contributed by atoms with Crippen molar-refractivity contribution in [1.29, 1.82) is 0 Å². The highest BCUT2D eigenvalue weighted by atomic mass is 15.2. The molecule has 32 rings (SSSR count). The molecule has 8 fully saturated rings. The van der Waals surface area contributed by atoms with Crippen LogP contribution in [-0.4, -0.2) is 9.13 Å². The molecule has 0 N–H and O–H groups in total. The Morgan fingerprint density at radius 2 is 0.465 bits per heavy atom. The van der Waals surface area contributed by atoms with Crippen LogP contribution in [0, 0.1) is 47.3 Å². The largest absolute Gasteiger partial charge is 0.310 e. The topological polar surface area (TPSA) is 16.3 Å². The molecule has 4 heteroatoms. The number of hydrogen-bond donors (Lipinski definition) is 0. The van der Waals surface area contributed by atoms with Gasteiger partial charge in [0.25, 0.3) is 0 Å². The lowest BCUT2D eigenvalue weighted by molar-refractivity contribution is -0.0399. The van der Waals surface area contributed by atoms with Gasteiger partial charge >= 0.3 is 0 Å². The maximum atomic E-state index is 2.56. The maximum Gasteiger partial charge on any atom is 0.0562 e. The summed E-state index contributed by atoms with van der Waals surface area (Å²) in [6.45, 7) is 0. The first-order valence-electron chi connectivity index (χ1n) is 52.5. The summed E-state index contributed by atoms with van der Waals surface area (Å²) < 4.78 is 4.81. The number of nitrogens with zero attached hydrogens (tertiary/aromatic N) is 4. The van der Waals surface area contributed by atoms with Crippen molar-refractivity contribution in [2.75, 3.05) is 9.80 Å². The van der Waals surface area contributed by atoms with Crippen molar-refractivity contribution in [1.82, 2.24) is 9.13 Å². The molecule has 0 radical (unpaired) electrons. The van der Waals surface area contributed by atoms with Gasteiger partial charge in [-0.25, -0.2) is 0 Å². The molecule has 4 nitrogen and oxygen atoms in total. The van der Waals surface area contributed by atoms with Crippen molar-refractivity contribution in [3.05, 3.63) is 508 Å². The van der Waals surface area contributed by atoms with Crippen LogP contribution in [0.3, 0.4) is 0 Å². The second-order valence-corrected chi connectivity index (χ2v) is 42.6. The Morgan fingerprint density at radius 1 is 0.174 bits per heavy atom. The van der Waals surface area contributed by atoms with Crippen LogP contribution in [0.2, 0.25) is 0 Å². The molecular weight excluding hydrogens is 1740 g/mol. The van der Waals surface area contributed by atoms with Gasteiger partial charge in [-0.3, -0.25) is 0 Å². The molecule has 2 spiro atoms. The summed E-state index contributed by atoms with van der Waals surface area (Å²) >= 11 is 0. The highest BCUT2D eigenvalue weighted by molar-refractivity contribution is 6.17. The zero-order chi connectivity index (χ0) is 94.7. The van der Waals surface area contributed by atoms with E-state index >= 15 is 0 Å². The van der Waals surface area contributed by atoms with Crippen molar-refractivity contribution in [3.63, 3.8) is 0 Å². The van der Waals surface area contributed by atoms with Crippen molar-refractivity contribution in [2.24, 2.45) is 47.3 Å². The van der Waals surface area contributed by atoms with Gasteiger partial charge in [0.2, 0.25) is 0 Å². The third-order valence-electron chi connectivity index (χ3n) is 35.2. The third kappa shape index (κ3) is 13.7. The van der Waals surface area contributed by atoms with Gasteiger partial charge in [0.1, 0.15) is 0 Å². The van der Waals surface area contributed by atoms with Gasteiger partial charge in [-0.2, -0.15) is 0 Å². The summed E-state index contributed by atoms with van der Waals surface area (Å²) in [4.78, 5) is 4.84. The first-order valence-corrected chi connectivity index (χ1v) is 52.5. The fourth-order valence-corrected chi connectivity index (χ4v) is 29.6. The van der Waals surface area contributed by atoms with Crippen LogP contribution in [0.4, 0.5) is 34.1 Å². The molecule has 0 unspecified atom stereocenters. The second kappa shape index (κ2) is 34.2. The molecule has 10 aliphatic rings. The Hall–Kier alpha value is -16.4. The third-order valence-corrected chi connectivity index (χ3v) is 35.2. The minimum atomic E-state index is 0.183. The average molecular weight is 1850 g/mol. The monoisotopic (exact) mass is 1840 g/mol. The van der Waals surface area contributed by atoms with Crippen molar-refractivity contribution in [2.45, 2.75) is 75.0 Å². The molecule has 688 valence electrons. The predicted molar refractivity (Wildman–Crippen MR) is 601 cm³/mol. The molecule has 0 aliphatic heterocycles. The molecule has 10 aliphatic carbocycles. The van der Waals surface area contributed by atoms with E-state index in [2.05, 4.69) is 504 Å². The molecule has 22 aromatic rings. The molecule has 2 aromatic heterocycles. The molecule has 144 heavy (non-hydrogen) atoms. The number of rotatable bonds is 16. The Bertz CT molecular complexity index is 8690. The Morgan fingerprint density at radius 3 is 0.938 bits per heavy atom. The Labute approximate surface area is 843 Å². The predicted octanol–water partition coefficient (Wildman–Crippen LogP) is 37.3. The Balaban J connectivity index is 0.000000137. The number of hydrogen-bond acceptors (Lipinski definition) is 2. The lowest BCUT2D eigenvalue weighted by atomic mass is 9.43. The summed E-state index contributed by atoms with van der Waals surface area (Å²) in [7, 11) is 0. The first kappa shape index (κ1) is 84.5. The van der Waals surface area contributed by atoms with E-state index in [1.165, 1.54) is 219 Å². The minimum absolute atomic E-state index is 0.183. The van der Waals surface area contributed by atoms with Crippen LogP contribution < -0.4 is 9.80 Å². The van der Waals surface area contributed by atoms with Crippen molar-refractivity contribution in [3.8, 4) is 123 Å². The quantitative estimate of drug-likeness (QED) is 0.0959. The van der Waals surface area contributed by atoms with Crippen LogP contribution in [0.25, 0.3) is 166 Å². The SMILES string of the molecule is c1ccc(-c2ccc(N(c3ccc(-c4cccc(-c5cccc(-c6ccc7c(c6)-c6ccccc6C76C7CC8CC(C7)CC6C8)c5)c4)cc3)c3cccc4c3c3ccccc3n4-c3ccccc3)cc2)cc1.c1ccc(-c2ccc(N(c3ccc(-c4cccc(-c5ccccc5-c5ccc6c(c5)-c5ccccc5C65C6CC7CC(C6)CC5C7)c4)cc3)c3ccc4c5ccccc5n(-c5ccccc5)c4c3)cc2)cc1. The number of aromatic nitrogens is 2. The van der Waals surface area contributed by atoms with Gasteiger partial charge in [0.05, 0.1) is 27.8 Å². The highest BCUT2D eigenvalue weighted by Crippen LogP contribution is 2.72. The van der Waals surface area contributed by atoms with Gasteiger partial charge in [-0.1, -0.05) is 346 Å². The van der Waals surface area contributed by atoms with E-state index in [4.69, 9.17) is 0 Å². The van der Waals surface area contributed by atoms with Crippen LogP contribution in [0.5, 0.6) is 0 Å². The molecule has 2 heterocycles. The first-order chi connectivity index (χ1) is 71.3. The number of benzene rings is 20. The molecule has 0 atom stereocenters. The maximum absolute atomic E-state index is 2.56. The van der Waals surface area contributed by atoms with Gasteiger partial charge in [0.15, 0.2) is 0 Å². The smallest absolute Gasteiger partial charge is 0.0562 e. The zero-order valence-corrected chi connectivity index (χ0v) is 80.7. The van der Waals surface area contributed by atoms with Gasteiger partial charge in [0, 0.05) is 72.2 Å². The summed E-state index contributed by atoms with van der Waals surface area (Å²) in [6, 6.07) is 181. The number of para-hydroxylation sites is 4. The molecule has 8 saturated carbocycles. The number of anilines is 6. The zero-order valence-electron chi connectivity index (χ0n) is 80.7. The van der Waals surface area contributed by atoms with Crippen LogP contribution >= 0.6 is 0 Å². The highest BCUT2D eigenvalue weighted by Gasteiger charge is 2.63. The Kier molecular flexibility index (Phi) is 20.1. The van der Waals surface area contributed by atoms with Crippen molar-refractivity contribution >= 4 is 77.7 Å². The van der Waals surface area contributed by atoms with E-state index in [1.807, 2.05) is 0 Å². The fraction of sp³-hybridized carbons (Fsp3) is 0.143. The van der Waals surface area contributed by atoms with Crippen LogP contribution in [-0.2, 0) is 10.8 Å². The van der Waals surface area contributed by atoms with E-state index in [-0.39, 0.29) is 10.8 Å². The van der Waals surface area contributed by atoms with E-state index in [0.29, 0.717) is 0 Å². The van der Waals surface area contributed by atoms with E-state index < -0.39 is 0 Å². The van der Waals surface area contributed by atoms with E-state index in [1.54, 1.807) is 22.3 Å². The van der Waals surface area contributed by atoms with Gasteiger partial charge in [-0.15, -0.1) is 0 Å². The van der Waals surface area contributed by atoms with Crippen molar-refractivity contribution < 1.29 is 0 Å². The molecule has 8 bridgehead atoms. The second-order valence-electron chi connectivity index (χ2n) is 42.6. The average Bonchev–Trinajstić information content (AvgIpc) is 1.50. The summed E-state index contributed by atoms with van der Waals surface area (Å²) in [5.41, 5.74) is 46.2. The lowest BCUT2D eigenvalue weighted by Gasteiger charge is -2.61. The summed E-state index contributed by atoms with van der Waals surface area (Å²) in [6.07, 6.45) is 14.2. The normalized spacial score (nSPS) is 20.3. The van der Waals surface area contributed by atoms with E-state index in [9.17, 15) is 0 Å². The standard InChI is InChI=1S/2C70H54N2/c1-3-14-48(15-4-1)49-28-33-59(34-29-49)71(67-26-13-27-68-69(67)62-23-8-10-25-66(62)72(68)58-20-5-2-6-21-58)60-35-30-50(31-36-60)51-16-11-17-52(43-51)53-18-12-19-54(44-53)55-32-37-65-63(45-55)61-22-7-9-24-64(61)70(65)56-39-46-38-47(41-56)42-57(70)40-46;1-3-14-48(15-4-1)49-26-31-57(32-27-49)71(59-35-36-64-63-23-10-12-25-68(63)72(69(64)45-59)56-18-5-2-6-19-56)58-33-28-50(29-34-58)51-16-13-17-52(43-51)60-20-7-8-21-61(60)53-30-37-67-65(44-53)62-22-9-11-24-66(62)70(67)54-39-46-38-47(41-54)42-55(70)40-46/h1-37,43-47,56-57H,38-42H2;1-37,43-47,54-55H,38-42H2. The van der Waals surface area contributed by atoms with Gasteiger partial charge < -0.3 is 18.9 Å². The van der Waals surface area contributed by atoms with Gasteiger partial charge in [-0.05, 0) is 385 Å². The summed E-state index contributed by atoms with van der Waals surface area (Å²) in [5.74, 6) is 6.86. The van der Waals surface area contributed by atoms with Crippen LogP contribution in [0.15, 0.2) is 485 Å². The minimum Gasteiger partial charge on any atom is -0.310 e. The molecule has 20 aromatic carbocycles.